The number of piperidine rings is 6. The number of halogens is 4. The first-order valence-electron chi connectivity index (χ1n) is 52.9. The van der Waals surface area contributed by atoms with Crippen LogP contribution >= 0.6 is 0 Å². The first-order chi connectivity index (χ1) is 68.1. The average molecular weight is 2020 g/mol. The normalized spacial score (nSPS) is 19.2. The number of carbonyl (C=O) groups is 6. The summed E-state index contributed by atoms with van der Waals surface area (Å²) in [5, 5.41) is 20.4. The molecule has 0 aliphatic carbocycles. The van der Waals surface area contributed by atoms with Gasteiger partial charge in [-0.25, -0.2) is 17.6 Å². The van der Waals surface area contributed by atoms with Gasteiger partial charge in [-0.3, -0.25) is 43.5 Å². The molecule has 9 heterocycles. The molecule has 9 fully saturated rings. The molecule has 804 valence electrons. The van der Waals surface area contributed by atoms with Crippen molar-refractivity contribution in [2.45, 2.75) is 271 Å². The maximum atomic E-state index is 14.6. The number of carbonyl (C=O) groups excluding carboxylic acids is 6. The van der Waals surface area contributed by atoms with Crippen molar-refractivity contribution < 1.29 is 85.0 Å². The number of amides is 4. The van der Waals surface area contributed by atoms with Crippen molar-refractivity contribution in [3.8, 4) is 34.5 Å². The van der Waals surface area contributed by atoms with E-state index in [2.05, 4.69) is 134 Å². The summed E-state index contributed by atoms with van der Waals surface area (Å²) in [5.74, 6) is -0.0179. The van der Waals surface area contributed by atoms with Crippen LogP contribution in [-0.2, 0) is 42.0 Å². The van der Waals surface area contributed by atoms with Crippen LogP contribution in [0.5, 0.6) is 34.5 Å². The standard InChI is InChI=1S/C22H35N3O2.C21H32N2O3.C20H29FN2O3.C19H28FNO2.C18H27NO2.C17H23F2NO2/c1-22(2,3)19-7-6-17(16-20(19)27-5)21(26)25-10-8-18(9-11-25)24-14-12-23(4)13-15-24;1-21(2,3)18-6-5-16(15-19(18)25-4)20(24)23-9-7-17(8-10-23)22-11-13-26-14-12-22;1-20(2,3)16-13-17(21)15(12-18(16)24)19(25)23-6-4-14(5-7-23)22-8-10-26-11-9-22;1-19(2,3)15-12-16(20)14(11-18(15)23-5)17(22)10-13-6-8-21(4)9-7-13;1-18(2,3)15-6-5-14(12-17(15)21)16(20)11-13-7-9-19(4)10-8-13;1-16(2,3)13-6-5-12(11-14(13)22-4)15(21)20-9-7-17(18,19)8-10-20/h6-7,16,18H,8-15H2,1-5H3;5-6,15,17H,7-14H2,1-4H3;12-14,24H,4-11H2,1-3H3;11-13H,6-10H2,1-5H3;5-6,12-13,21H,7-11H2,1-4H3;5-6,11H,7-10H2,1-4H3. The van der Waals surface area contributed by atoms with Crippen LogP contribution in [-0.4, -0.2) is 325 Å². The molecule has 2 N–H and O–H groups in total. The first kappa shape index (κ1) is 118. The van der Waals surface area contributed by atoms with Crippen molar-refractivity contribution in [1.29, 1.82) is 0 Å². The second-order valence-corrected chi connectivity index (χ2v) is 47.5. The molecule has 9 aliphatic heterocycles. The number of alkyl halides is 2. The van der Waals surface area contributed by atoms with Gasteiger partial charge in [-0.15, -0.1) is 0 Å². The summed E-state index contributed by atoms with van der Waals surface area (Å²) in [5.41, 5.74) is 7.31. The number of likely N-dealkylation sites (tertiary alicyclic amines) is 6. The lowest BCUT2D eigenvalue weighted by molar-refractivity contribution is -0.0494. The Morgan fingerprint density at radius 3 is 0.952 bits per heavy atom. The van der Waals surface area contributed by atoms with Gasteiger partial charge in [0.25, 0.3) is 29.6 Å². The maximum Gasteiger partial charge on any atom is 0.256 e. The number of hydrogen-bond donors (Lipinski definition) is 2. The molecule has 15 rings (SSSR count). The number of nitrogens with zero attached hydrogens (tertiary/aromatic N) is 10. The molecule has 0 aromatic heterocycles. The van der Waals surface area contributed by atoms with Gasteiger partial charge in [-0.2, -0.15) is 0 Å². The Hall–Kier alpha value is -9.26. The number of ketones is 2. The topological polar surface area (TPSA) is 231 Å². The molecular weight excluding hydrogens is 1850 g/mol. The molecule has 6 aromatic rings. The molecular formula is C117H174F4N10O14. The summed E-state index contributed by atoms with van der Waals surface area (Å²) in [6.45, 7) is 57.7. The predicted octanol–water partition coefficient (Wildman–Crippen LogP) is 20.1. The van der Waals surface area contributed by atoms with Gasteiger partial charge < -0.3 is 72.9 Å². The van der Waals surface area contributed by atoms with Crippen LogP contribution in [0.3, 0.4) is 0 Å². The smallest absolute Gasteiger partial charge is 0.256 e. The number of phenols is 2. The van der Waals surface area contributed by atoms with Crippen LogP contribution in [0.15, 0.2) is 97.1 Å². The monoisotopic (exact) mass is 2020 g/mol. The van der Waals surface area contributed by atoms with Gasteiger partial charge in [0.05, 0.1) is 66.0 Å². The summed E-state index contributed by atoms with van der Waals surface area (Å²) in [6.07, 6.45) is 10.7. The number of phenolic OH excluding ortho intramolecular Hbond substituents is 2. The number of piperazine rings is 1. The number of morpholine rings is 2. The fourth-order valence-electron chi connectivity index (χ4n) is 20.9. The van der Waals surface area contributed by atoms with E-state index in [-0.39, 0.29) is 116 Å². The third-order valence-electron chi connectivity index (χ3n) is 30.3. The average Bonchev–Trinajstić information content (AvgIpc) is 0.779. The lowest BCUT2D eigenvalue weighted by atomic mass is 9.84. The lowest BCUT2D eigenvalue weighted by Crippen LogP contribution is -2.52. The van der Waals surface area contributed by atoms with Crippen LogP contribution in [0.25, 0.3) is 0 Å². The quantitative estimate of drug-likeness (QED) is 0.0638. The van der Waals surface area contributed by atoms with E-state index in [0.29, 0.717) is 84.1 Å². The van der Waals surface area contributed by atoms with E-state index >= 15 is 0 Å². The van der Waals surface area contributed by atoms with Crippen LogP contribution < -0.4 is 18.9 Å². The second-order valence-electron chi connectivity index (χ2n) is 47.5. The fraction of sp³-hybridized carbons (Fsp3) is 0.641. The van der Waals surface area contributed by atoms with Gasteiger partial charge in [0.1, 0.15) is 46.1 Å². The Balaban J connectivity index is 0.000000179. The predicted molar refractivity (Wildman–Crippen MR) is 569 cm³/mol. The minimum atomic E-state index is -2.65. The Labute approximate surface area is 864 Å². The number of likely N-dealkylation sites (N-methyl/N-ethyl adjacent to an activating group) is 1. The van der Waals surface area contributed by atoms with E-state index in [1.165, 1.54) is 23.1 Å². The molecule has 9 aliphatic rings. The Morgan fingerprint density at radius 2 is 0.607 bits per heavy atom. The summed E-state index contributed by atoms with van der Waals surface area (Å²) < 4.78 is 88.2. The van der Waals surface area contributed by atoms with E-state index in [1.54, 1.807) is 57.6 Å². The number of Topliss-reactive ketones (excluding diaryl/α,β-unsaturated/α-hetero) is 2. The van der Waals surface area contributed by atoms with Crippen molar-refractivity contribution in [2.75, 3.05) is 207 Å². The van der Waals surface area contributed by atoms with Crippen molar-refractivity contribution >= 4 is 35.2 Å². The molecule has 0 spiro atoms. The Kier molecular flexibility index (Phi) is 42.0. The third-order valence-corrected chi connectivity index (χ3v) is 30.3. The molecule has 9 saturated heterocycles. The van der Waals surface area contributed by atoms with E-state index in [9.17, 15) is 56.5 Å². The number of benzene rings is 6. The lowest BCUT2D eigenvalue weighted by Gasteiger charge is -2.42. The molecule has 145 heavy (non-hydrogen) atoms. The van der Waals surface area contributed by atoms with Crippen LogP contribution in [0.1, 0.15) is 310 Å². The van der Waals surface area contributed by atoms with Crippen molar-refractivity contribution in [1.82, 2.24) is 49.0 Å². The minimum Gasteiger partial charge on any atom is -0.508 e. The third kappa shape index (κ3) is 33.4. The van der Waals surface area contributed by atoms with Crippen molar-refractivity contribution in [3.63, 3.8) is 0 Å². The molecule has 0 atom stereocenters. The fourth-order valence-corrected chi connectivity index (χ4v) is 20.9. The molecule has 0 radical (unpaired) electrons. The highest BCUT2D eigenvalue weighted by atomic mass is 19.3. The van der Waals surface area contributed by atoms with Crippen molar-refractivity contribution in [3.05, 3.63) is 175 Å². The molecule has 0 saturated carbocycles. The van der Waals surface area contributed by atoms with E-state index < -0.39 is 17.6 Å². The van der Waals surface area contributed by atoms with Gasteiger partial charge in [0.15, 0.2) is 11.6 Å². The number of rotatable bonds is 17. The number of ether oxygens (including phenoxy) is 6. The summed E-state index contributed by atoms with van der Waals surface area (Å²) in [4.78, 5) is 97.8. The maximum absolute atomic E-state index is 14.6. The molecule has 4 amide bonds. The zero-order valence-corrected chi connectivity index (χ0v) is 92.3. The molecule has 6 aromatic carbocycles. The highest BCUT2D eigenvalue weighted by Gasteiger charge is 2.40. The highest BCUT2D eigenvalue weighted by Crippen LogP contribution is 2.42. The Morgan fingerprint density at radius 1 is 0.317 bits per heavy atom. The van der Waals surface area contributed by atoms with Crippen LogP contribution in [0.2, 0.25) is 0 Å². The largest absolute Gasteiger partial charge is 0.508 e. The molecule has 24 nitrogen and oxygen atoms in total. The van der Waals surface area contributed by atoms with Gasteiger partial charge in [0.2, 0.25) is 0 Å². The van der Waals surface area contributed by atoms with Gasteiger partial charge in [0, 0.05) is 182 Å². The first-order valence-corrected chi connectivity index (χ1v) is 52.9. The molecule has 0 unspecified atom stereocenters. The van der Waals surface area contributed by atoms with Gasteiger partial charge in [-0.1, -0.05) is 155 Å². The number of hydrogen-bond acceptors (Lipinski definition) is 20. The molecule has 0 bridgehead atoms. The zero-order valence-electron chi connectivity index (χ0n) is 92.3. The highest BCUT2D eigenvalue weighted by molar-refractivity contribution is 5.99. The molecule has 28 heteroatoms. The zero-order chi connectivity index (χ0) is 107. The van der Waals surface area contributed by atoms with Gasteiger partial charge >= 0.3 is 0 Å². The van der Waals surface area contributed by atoms with Gasteiger partial charge in [-0.05, 0) is 245 Å². The summed E-state index contributed by atoms with van der Waals surface area (Å²) in [6, 6.07) is 29.8. The van der Waals surface area contributed by atoms with E-state index in [4.69, 9.17) is 28.4 Å². The van der Waals surface area contributed by atoms with E-state index in [0.717, 1.165) is 246 Å². The number of methoxy groups -OCH3 is 4. The summed E-state index contributed by atoms with van der Waals surface area (Å²) in [7, 11) is 12.9. The van der Waals surface area contributed by atoms with Crippen molar-refractivity contribution in [2.24, 2.45) is 11.8 Å². The summed E-state index contributed by atoms with van der Waals surface area (Å²) >= 11 is 0. The number of aromatic hydroxyl groups is 2. The SMILES string of the molecule is CC(C)(C)c1cc(F)c(C(=O)N2CCC(N3CCOCC3)CC2)cc1O.CN1CCC(CC(=O)c2ccc(C(C)(C)C)c(O)c2)CC1.COc1cc(C(=O)CC2CCN(C)CC2)c(F)cc1C(C)(C)C.COc1cc(C(=O)N2CCC(F)(F)CC2)ccc1C(C)(C)C.COc1cc(C(=O)N2CCC(N3CCN(C)CC3)CC2)ccc1C(C)(C)C.COc1cc(C(=O)N2CCC(N3CCOCC3)CC2)ccc1C(C)(C)C. The van der Waals surface area contributed by atoms with Crippen LogP contribution in [0, 0.1) is 23.5 Å². The second kappa shape index (κ2) is 51.8. The minimum absolute atomic E-state index is 0.00617. The van der Waals surface area contributed by atoms with Crippen LogP contribution in [0.4, 0.5) is 17.6 Å². The van der Waals surface area contributed by atoms with E-state index in [1.807, 2.05) is 106 Å². The Bertz CT molecular complexity index is 5230.